The number of rotatable bonds is 6. The van der Waals surface area contributed by atoms with E-state index in [0.717, 1.165) is 35.6 Å². The average molecular weight is 416 g/mol. The minimum absolute atomic E-state index is 0.224. The monoisotopic (exact) mass is 414 g/mol. The lowest BCUT2D eigenvalue weighted by atomic mass is 10.2. The number of anilines is 1. The van der Waals surface area contributed by atoms with Gasteiger partial charge in [-0.3, -0.25) is 5.41 Å². The molecular formula is C17H21Cl3N6. The summed E-state index contributed by atoms with van der Waals surface area (Å²) in [5.41, 5.74) is 11.0. The quantitative estimate of drug-likeness (QED) is 0.246. The Bertz CT molecular complexity index is 807. The summed E-state index contributed by atoms with van der Waals surface area (Å²) in [6, 6.07) is 7.38. The van der Waals surface area contributed by atoms with Crippen molar-refractivity contribution in [2.24, 2.45) is 10.8 Å². The van der Waals surface area contributed by atoms with E-state index in [1.54, 1.807) is 12.3 Å². The molecule has 2 rings (SSSR count). The molecule has 6 nitrogen and oxygen atoms in total. The molecule has 0 atom stereocenters. The molecule has 0 amide bonds. The van der Waals surface area contributed by atoms with Crippen LogP contribution < -0.4 is 16.5 Å². The van der Waals surface area contributed by atoms with Gasteiger partial charge in [-0.25, -0.2) is 5.43 Å². The molecule has 9 heteroatoms. The Morgan fingerprint density at radius 3 is 2.73 bits per heavy atom. The molecule has 0 aliphatic heterocycles. The first-order valence-corrected chi connectivity index (χ1v) is 9.14. The maximum absolute atomic E-state index is 7.17. The fourth-order valence-corrected chi connectivity index (χ4v) is 2.77. The van der Waals surface area contributed by atoms with E-state index in [9.17, 15) is 0 Å². The van der Waals surface area contributed by atoms with Gasteiger partial charge in [0.05, 0.1) is 6.21 Å². The van der Waals surface area contributed by atoms with Gasteiger partial charge in [0.15, 0.2) is 0 Å². The number of benzene rings is 1. The Hall–Kier alpha value is -1.89. The Balaban J connectivity index is 2.49. The molecule has 0 aliphatic rings. The lowest BCUT2D eigenvalue weighted by Crippen LogP contribution is -2.25. The Morgan fingerprint density at radius 2 is 2.12 bits per heavy atom. The molecule has 1 aromatic carbocycles. The molecule has 5 N–H and O–H groups in total. The molecule has 2 aromatic rings. The topological polar surface area (TPSA) is 91.2 Å². The van der Waals surface area contributed by atoms with Gasteiger partial charge in [0, 0.05) is 35.1 Å². The largest absolute Gasteiger partial charge is 0.371 e. The Kier molecular flexibility index (Phi) is 6.81. The lowest BCUT2D eigenvalue weighted by Gasteiger charge is -2.16. The second-order valence-electron chi connectivity index (χ2n) is 5.69. The van der Waals surface area contributed by atoms with E-state index < -0.39 is 3.79 Å². The van der Waals surface area contributed by atoms with E-state index in [1.807, 2.05) is 35.9 Å². The van der Waals surface area contributed by atoms with Gasteiger partial charge in [0.2, 0.25) is 9.75 Å². The number of aromatic nitrogens is 1. The molecule has 0 aliphatic carbocycles. The summed E-state index contributed by atoms with van der Waals surface area (Å²) >= 11 is 18.1. The van der Waals surface area contributed by atoms with E-state index in [4.69, 9.17) is 45.9 Å². The molecule has 1 heterocycles. The number of nitrogens with one attached hydrogen (secondary N) is 3. The highest BCUT2D eigenvalue weighted by molar-refractivity contribution is 6.66. The van der Waals surface area contributed by atoms with Crippen molar-refractivity contribution < 1.29 is 0 Å². The fraction of sp³-hybridized carbons (Fsp3) is 0.294. The van der Waals surface area contributed by atoms with Crippen molar-refractivity contribution >= 4 is 52.8 Å². The van der Waals surface area contributed by atoms with Crippen LogP contribution in [0.15, 0.2) is 35.6 Å². The number of nitrogens with zero attached hydrogens (tertiary/aromatic N) is 2. The van der Waals surface area contributed by atoms with Gasteiger partial charge in [-0.1, -0.05) is 53.9 Å². The Labute approximate surface area is 167 Å². The third-order valence-electron chi connectivity index (χ3n) is 3.68. The highest BCUT2D eigenvalue weighted by Gasteiger charge is 2.23. The van der Waals surface area contributed by atoms with Gasteiger partial charge in [-0.15, -0.1) is 0 Å². The second-order valence-corrected chi connectivity index (χ2v) is 7.97. The average Bonchev–Trinajstić information content (AvgIpc) is 2.88. The third kappa shape index (κ3) is 5.06. The van der Waals surface area contributed by atoms with Gasteiger partial charge < -0.3 is 15.6 Å². The maximum Gasteiger partial charge on any atom is 0.216 e. The lowest BCUT2D eigenvalue weighted by molar-refractivity contribution is 0.946. The smallest absolute Gasteiger partial charge is 0.216 e. The summed E-state index contributed by atoms with van der Waals surface area (Å²) in [6.07, 6.45) is 4.52. The highest BCUT2D eigenvalue weighted by Crippen LogP contribution is 2.39. The van der Waals surface area contributed by atoms with Crippen LogP contribution in [0, 0.1) is 12.3 Å². The zero-order valence-electron chi connectivity index (χ0n) is 14.5. The van der Waals surface area contributed by atoms with Crippen molar-refractivity contribution in [3.63, 3.8) is 0 Å². The number of hydrogen-bond acceptors (Lipinski definition) is 3. The standard InChI is InChI=1S/C17H21Cl3N6/c1-3-7-23-15-11(2)12(9-24-25-16(21)22)10-26(15)14-6-4-5-13(8-14)17(18,19)20/h4-6,8-10,23H,3,7H2,1-2H3,(H4,21,22,25). The van der Waals surface area contributed by atoms with Crippen molar-refractivity contribution in [2.75, 3.05) is 11.9 Å². The predicted molar refractivity (Wildman–Crippen MR) is 111 cm³/mol. The molecule has 140 valence electrons. The fourth-order valence-electron chi connectivity index (χ4n) is 2.42. The predicted octanol–water partition coefficient (Wildman–Crippen LogP) is 4.25. The zero-order chi connectivity index (χ0) is 19.3. The van der Waals surface area contributed by atoms with E-state index in [1.165, 1.54) is 0 Å². The van der Waals surface area contributed by atoms with Crippen LogP contribution in [-0.4, -0.2) is 23.3 Å². The van der Waals surface area contributed by atoms with Crippen LogP contribution in [0.2, 0.25) is 0 Å². The first kappa shape index (κ1) is 20.4. The van der Waals surface area contributed by atoms with Crippen LogP contribution in [0.1, 0.15) is 30.0 Å². The number of halogens is 3. The number of hydrazone groups is 1. The molecule has 26 heavy (non-hydrogen) atoms. The van der Waals surface area contributed by atoms with Gasteiger partial charge in [-0.2, -0.15) is 5.10 Å². The summed E-state index contributed by atoms with van der Waals surface area (Å²) < 4.78 is 0.491. The molecule has 0 bridgehead atoms. The molecule has 0 saturated heterocycles. The number of hydrogen-bond donors (Lipinski definition) is 4. The first-order valence-electron chi connectivity index (χ1n) is 8.00. The van der Waals surface area contributed by atoms with Gasteiger partial charge in [-0.05, 0) is 25.5 Å². The minimum Gasteiger partial charge on any atom is -0.371 e. The van der Waals surface area contributed by atoms with Crippen LogP contribution in [0.3, 0.4) is 0 Å². The van der Waals surface area contributed by atoms with E-state index in [2.05, 4.69) is 22.8 Å². The van der Waals surface area contributed by atoms with Crippen LogP contribution in [0.4, 0.5) is 5.82 Å². The van der Waals surface area contributed by atoms with Crippen LogP contribution in [0.5, 0.6) is 0 Å². The molecule has 0 fully saturated rings. The molecule has 1 aromatic heterocycles. The van der Waals surface area contributed by atoms with Gasteiger partial charge in [0.1, 0.15) is 5.82 Å². The molecule has 0 spiro atoms. The maximum atomic E-state index is 7.17. The number of nitrogens with two attached hydrogens (primary N) is 1. The van der Waals surface area contributed by atoms with Crippen molar-refractivity contribution in [3.05, 3.63) is 47.2 Å². The van der Waals surface area contributed by atoms with Crippen molar-refractivity contribution in [2.45, 2.75) is 24.1 Å². The summed E-state index contributed by atoms with van der Waals surface area (Å²) in [6.45, 7) is 4.90. The molecule has 0 saturated carbocycles. The molecule has 0 radical (unpaired) electrons. The van der Waals surface area contributed by atoms with E-state index in [0.29, 0.717) is 5.56 Å². The highest BCUT2D eigenvalue weighted by atomic mass is 35.6. The van der Waals surface area contributed by atoms with E-state index in [-0.39, 0.29) is 5.96 Å². The summed E-state index contributed by atoms with van der Waals surface area (Å²) in [4.78, 5) is 0. The van der Waals surface area contributed by atoms with Crippen LogP contribution in [-0.2, 0) is 3.79 Å². The van der Waals surface area contributed by atoms with E-state index >= 15 is 0 Å². The van der Waals surface area contributed by atoms with Crippen LogP contribution in [0.25, 0.3) is 5.69 Å². The number of alkyl halides is 3. The number of guanidine groups is 1. The van der Waals surface area contributed by atoms with Crippen molar-refractivity contribution in [1.29, 1.82) is 5.41 Å². The molecular weight excluding hydrogens is 395 g/mol. The zero-order valence-corrected chi connectivity index (χ0v) is 16.8. The summed E-state index contributed by atoms with van der Waals surface area (Å²) in [5, 5.41) is 14.5. The SMILES string of the molecule is CCCNc1c(C)c(C=NNC(=N)N)cn1-c1cccc(C(Cl)(Cl)Cl)c1. The van der Waals surface area contributed by atoms with Gasteiger partial charge in [0.25, 0.3) is 0 Å². The molecule has 0 unspecified atom stereocenters. The first-order chi connectivity index (χ1) is 12.2. The third-order valence-corrected chi connectivity index (χ3v) is 4.33. The van der Waals surface area contributed by atoms with Crippen molar-refractivity contribution in [3.8, 4) is 5.69 Å². The summed E-state index contributed by atoms with van der Waals surface area (Å²) in [7, 11) is 0. The van der Waals surface area contributed by atoms with Crippen molar-refractivity contribution in [1.82, 2.24) is 9.99 Å². The van der Waals surface area contributed by atoms with Crippen LogP contribution >= 0.6 is 34.8 Å². The normalized spacial score (nSPS) is 11.7. The summed E-state index contributed by atoms with van der Waals surface area (Å²) in [5.74, 6) is 0.704. The second kappa shape index (κ2) is 8.66. The van der Waals surface area contributed by atoms with Gasteiger partial charge >= 0.3 is 0 Å². The minimum atomic E-state index is -1.50. The Morgan fingerprint density at radius 1 is 1.38 bits per heavy atom.